The number of hydrogen-bond donors (Lipinski definition) is 1. The lowest BCUT2D eigenvalue weighted by molar-refractivity contribution is 1.01. The molecule has 0 spiro atoms. The molecule has 1 aromatic heterocycles. The molecule has 0 amide bonds. The maximum Gasteiger partial charge on any atom is 0.227 e. The van der Waals surface area contributed by atoms with Crippen molar-refractivity contribution in [3.8, 4) is 11.3 Å². The average Bonchev–Trinajstić information content (AvgIpc) is 2.28. The first-order valence-electron chi connectivity index (χ1n) is 5.45. The summed E-state index contributed by atoms with van der Waals surface area (Å²) < 4.78 is 0. The van der Waals surface area contributed by atoms with Gasteiger partial charge in [-0.1, -0.05) is 23.8 Å². The zero-order valence-corrected chi connectivity index (χ0v) is 10.3. The largest absolute Gasteiger partial charge is 0.384 e. The maximum atomic E-state index is 5.79. The van der Waals surface area contributed by atoms with Gasteiger partial charge in [0.2, 0.25) is 5.95 Å². The lowest BCUT2D eigenvalue weighted by atomic mass is 10.1. The molecule has 4 heteroatoms. The van der Waals surface area contributed by atoms with Crippen LogP contribution >= 0.6 is 0 Å². The fourth-order valence-electron chi connectivity index (χ4n) is 1.61. The standard InChI is InChI=1S/C13H16N4/c1-9-5-4-6-10(7-9)11-8-12(14)16-13(15-11)17(2)3/h4-8H,1-3H3,(H2,14,15,16). The molecule has 88 valence electrons. The number of nitrogen functional groups attached to an aromatic ring is 1. The molecule has 2 rings (SSSR count). The van der Waals surface area contributed by atoms with Crippen LogP contribution in [0.25, 0.3) is 11.3 Å². The normalized spacial score (nSPS) is 10.3. The van der Waals surface area contributed by atoms with Crippen molar-refractivity contribution in [3.63, 3.8) is 0 Å². The highest BCUT2D eigenvalue weighted by atomic mass is 15.2. The molecule has 0 fully saturated rings. The van der Waals surface area contributed by atoms with Crippen molar-refractivity contribution in [3.05, 3.63) is 35.9 Å². The molecule has 0 aliphatic heterocycles. The van der Waals surface area contributed by atoms with E-state index in [4.69, 9.17) is 5.73 Å². The van der Waals surface area contributed by atoms with E-state index in [1.54, 1.807) is 6.07 Å². The van der Waals surface area contributed by atoms with Crippen molar-refractivity contribution in [2.45, 2.75) is 6.92 Å². The summed E-state index contributed by atoms with van der Waals surface area (Å²) in [4.78, 5) is 10.5. The number of benzene rings is 1. The minimum absolute atomic E-state index is 0.486. The van der Waals surface area contributed by atoms with Gasteiger partial charge in [-0.2, -0.15) is 4.98 Å². The minimum atomic E-state index is 0.486. The zero-order chi connectivity index (χ0) is 12.4. The van der Waals surface area contributed by atoms with Crippen LogP contribution in [0.1, 0.15) is 5.56 Å². The van der Waals surface area contributed by atoms with E-state index in [1.807, 2.05) is 31.1 Å². The van der Waals surface area contributed by atoms with Crippen LogP contribution in [0.5, 0.6) is 0 Å². The lowest BCUT2D eigenvalue weighted by Crippen LogP contribution is -2.14. The third kappa shape index (κ3) is 2.53. The molecule has 0 radical (unpaired) electrons. The third-order valence-corrected chi connectivity index (χ3v) is 2.45. The van der Waals surface area contributed by atoms with E-state index in [2.05, 4.69) is 29.0 Å². The van der Waals surface area contributed by atoms with Crippen molar-refractivity contribution < 1.29 is 0 Å². The lowest BCUT2D eigenvalue weighted by Gasteiger charge is -2.12. The van der Waals surface area contributed by atoms with Crippen LogP contribution in [0, 0.1) is 6.92 Å². The molecule has 0 saturated carbocycles. The van der Waals surface area contributed by atoms with Gasteiger partial charge < -0.3 is 10.6 Å². The summed E-state index contributed by atoms with van der Waals surface area (Å²) in [6, 6.07) is 9.97. The van der Waals surface area contributed by atoms with Crippen molar-refractivity contribution >= 4 is 11.8 Å². The first-order valence-corrected chi connectivity index (χ1v) is 5.45. The quantitative estimate of drug-likeness (QED) is 0.855. The Labute approximate surface area is 101 Å². The summed E-state index contributed by atoms with van der Waals surface area (Å²) in [5, 5.41) is 0. The Morgan fingerprint density at radius 1 is 1.12 bits per heavy atom. The average molecular weight is 228 g/mol. The molecule has 4 nitrogen and oxygen atoms in total. The molecule has 0 unspecified atom stereocenters. The van der Waals surface area contributed by atoms with Crippen LogP contribution in [0.2, 0.25) is 0 Å². The van der Waals surface area contributed by atoms with E-state index in [-0.39, 0.29) is 0 Å². The number of anilines is 2. The van der Waals surface area contributed by atoms with E-state index in [1.165, 1.54) is 5.56 Å². The van der Waals surface area contributed by atoms with Gasteiger partial charge in [0.15, 0.2) is 0 Å². The number of aromatic nitrogens is 2. The summed E-state index contributed by atoms with van der Waals surface area (Å²) in [5.41, 5.74) is 8.90. The van der Waals surface area contributed by atoms with Crippen LogP contribution in [-0.4, -0.2) is 24.1 Å². The number of rotatable bonds is 2. The van der Waals surface area contributed by atoms with Gasteiger partial charge in [-0.05, 0) is 13.0 Å². The number of hydrogen-bond acceptors (Lipinski definition) is 4. The van der Waals surface area contributed by atoms with E-state index in [0.29, 0.717) is 11.8 Å². The fourth-order valence-corrected chi connectivity index (χ4v) is 1.61. The van der Waals surface area contributed by atoms with Gasteiger partial charge in [0.05, 0.1) is 5.69 Å². The first-order chi connectivity index (χ1) is 8.06. The second kappa shape index (κ2) is 4.41. The number of nitrogens with two attached hydrogens (primary N) is 1. The highest BCUT2D eigenvalue weighted by Gasteiger charge is 2.06. The van der Waals surface area contributed by atoms with E-state index in [9.17, 15) is 0 Å². The summed E-state index contributed by atoms with van der Waals surface area (Å²) in [7, 11) is 3.80. The molecule has 1 heterocycles. The SMILES string of the molecule is Cc1cccc(-c2cc(N)nc(N(C)C)n2)c1. The third-order valence-electron chi connectivity index (χ3n) is 2.45. The first kappa shape index (κ1) is 11.4. The Kier molecular flexibility index (Phi) is 2.95. The molecule has 0 bridgehead atoms. The maximum absolute atomic E-state index is 5.79. The molecule has 0 atom stereocenters. The van der Waals surface area contributed by atoms with Crippen molar-refractivity contribution in [2.75, 3.05) is 24.7 Å². The molecule has 0 saturated heterocycles. The van der Waals surface area contributed by atoms with Gasteiger partial charge in [0, 0.05) is 25.7 Å². The van der Waals surface area contributed by atoms with Crippen molar-refractivity contribution in [1.82, 2.24) is 9.97 Å². The summed E-state index contributed by atoms with van der Waals surface area (Å²) >= 11 is 0. The van der Waals surface area contributed by atoms with Crippen LogP contribution in [0.3, 0.4) is 0 Å². The summed E-state index contributed by atoms with van der Waals surface area (Å²) in [6.07, 6.45) is 0. The highest BCUT2D eigenvalue weighted by Crippen LogP contribution is 2.21. The van der Waals surface area contributed by atoms with Crippen molar-refractivity contribution in [2.24, 2.45) is 0 Å². The van der Waals surface area contributed by atoms with Gasteiger partial charge in [0.25, 0.3) is 0 Å². The monoisotopic (exact) mass is 228 g/mol. The Morgan fingerprint density at radius 2 is 1.88 bits per heavy atom. The molecule has 1 aromatic carbocycles. The van der Waals surface area contributed by atoms with E-state index in [0.717, 1.165) is 11.3 Å². The van der Waals surface area contributed by atoms with Crippen molar-refractivity contribution in [1.29, 1.82) is 0 Å². The second-order valence-electron chi connectivity index (χ2n) is 4.24. The minimum Gasteiger partial charge on any atom is -0.384 e. The van der Waals surface area contributed by atoms with Crippen LogP contribution < -0.4 is 10.6 Å². The smallest absolute Gasteiger partial charge is 0.227 e. The molecule has 2 aromatic rings. The van der Waals surface area contributed by atoms with E-state index < -0.39 is 0 Å². The van der Waals surface area contributed by atoms with Gasteiger partial charge >= 0.3 is 0 Å². The summed E-state index contributed by atoms with van der Waals surface area (Å²) in [5.74, 6) is 1.11. The van der Waals surface area contributed by atoms with Crippen LogP contribution in [0.15, 0.2) is 30.3 Å². The van der Waals surface area contributed by atoms with Gasteiger partial charge in [0.1, 0.15) is 5.82 Å². The zero-order valence-electron chi connectivity index (χ0n) is 10.3. The Morgan fingerprint density at radius 3 is 2.53 bits per heavy atom. The van der Waals surface area contributed by atoms with Crippen LogP contribution in [0.4, 0.5) is 11.8 Å². The second-order valence-corrected chi connectivity index (χ2v) is 4.24. The molecule has 0 aliphatic rings. The Bertz CT molecular complexity index is 535. The van der Waals surface area contributed by atoms with Gasteiger partial charge in [-0.25, -0.2) is 4.98 Å². The molecular formula is C13H16N4. The topological polar surface area (TPSA) is 55.0 Å². The Hall–Kier alpha value is -2.10. The molecular weight excluding hydrogens is 212 g/mol. The predicted molar refractivity (Wildman–Crippen MR) is 70.9 cm³/mol. The molecule has 0 aliphatic carbocycles. The predicted octanol–water partition coefficient (Wildman–Crippen LogP) is 2.10. The summed E-state index contributed by atoms with van der Waals surface area (Å²) in [6.45, 7) is 2.06. The van der Waals surface area contributed by atoms with Crippen LogP contribution in [-0.2, 0) is 0 Å². The highest BCUT2D eigenvalue weighted by molar-refractivity contribution is 5.64. The molecule has 17 heavy (non-hydrogen) atoms. The Balaban J connectivity index is 2.52. The molecule has 2 N–H and O–H groups in total. The van der Waals surface area contributed by atoms with Gasteiger partial charge in [-0.3, -0.25) is 0 Å². The van der Waals surface area contributed by atoms with E-state index >= 15 is 0 Å². The fraction of sp³-hybridized carbons (Fsp3) is 0.231. The number of aryl methyl sites for hydroxylation is 1. The number of nitrogens with zero attached hydrogens (tertiary/aromatic N) is 3. The van der Waals surface area contributed by atoms with Gasteiger partial charge in [-0.15, -0.1) is 0 Å².